The van der Waals surface area contributed by atoms with E-state index in [1.165, 1.54) is 18.9 Å². The van der Waals surface area contributed by atoms with E-state index in [0.717, 1.165) is 12.8 Å². The Labute approximate surface area is 134 Å². The van der Waals surface area contributed by atoms with Crippen molar-refractivity contribution >= 4 is 18.4 Å². The number of benzene rings is 1. The molecular weight excluding hydrogens is 284 g/mol. The normalized spacial score (nSPS) is 25.8. The number of carbonyl (C=O) groups is 1. The Balaban J connectivity index is 0.00000220. The molecule has 2 rings (SSSR count). The summed E-state index contributed by atoms with van der Waals surface area (Å²) in [7, 11) is 0. The molecule has 0 aromatic heterocycles. The van der Waals surface area contributed by atoms with Crippen molar-refractivity contribution in [2.45, 2.75) is 58.5 Å². The highest BCUT2D eigenvalue weighted by molar-refractivity contribution is 5.85. The summed E-state index contributed by atoms with van der Waals surface area (Å²) in [6.45, 7) is 8.33. The van der Waals surface area contributed by atoms with Gasteiger partial charge in [-0.2, -0.15) is 0 Å². The average molecular weight is 311 g/mol. The molecule has 118 valence electrons. The zero-order valence-corrected chi connectivity index (χ0v) is 14.3. The predicted octanol–water partition coefficient (Wildman–Crippen LogP) is 4.75. The Morgan fingerprint density at radius 3 is 2.38 bits per heavy atom. The van der Waals surface area contributed by atoms with E-state index in [1.54, 1.807) is 0 Å². The third kappa shape index (κ3) is 4.23. The largest absolute Gasteiger partial charge is 0.462 e. The van der Waals surface area contributed by atoms with Crippen molar-refractivity contribution in [3.8, 4) is 0 Å². The van der Waals surface area contributed by atoms with E-state index in [9.17, 15) is 4.79 Å². The number of rotatable bonds is 3. The van der Waals surface area contributed by atoms with Crippen LogP contribution in [0.5, 0.6) is 0 Å². The Morgan fingerprint density at radius 1 is 1.19 bits per heavy atom. The van der Waals surface area contributed by atoms with Crippen molar-refractivity contribution in [2.24, 2.45) is 11.8 Å². The highest BCUT2D eigenvalue weighted by Gasteiger charge is 2.41. The van der Waals surface area contributed by atoms with Gasteiger partial charge in [0.05, 0.1) is 0 Å². The van der Waals surface area contributed by atoms with Gasteiger partial charge >= 0.3 is 5.97 Å². The maximum atomic E-state index is 11.4. The molecule has 0 amide bonds. The molecule has 1 aromatic carbocycles. The smallest absolute Gasteiger partial charge is 0.302 e. The first kappa shape index (κ1) is 18.0. The second kappa shape index (κ2) is 7.31. The molecule has 0 spiro atoms. The van der Waals surface area contributed by atoms with Crippen LogP contribution in [0.25, 0.3) is 0 Å². The van der Waals surface area contributed by atoms with Crippen LogP contribution >= 0.6 is 12.4 Å². The number of hydrogen-bond acceptors (Lipinski definition) is 2. The third-order valence-corrected chi connectivity index (χ3v) is 4.82. The zero-order chi connectivity index (χ0) is 14.8. The first-order valence-electron chi connectivity index (χ1n) is 7.64. The van der Waals surface area contributed by atoms with Crippen LogP contribution < -0.4 is 0 Å². The molecule has 2 nitrogen and oxygen atoms in total. The van der Waals surface area contributed by atoms with Crippen LogP contribution in [0.4, 0.5) is 0 Å². The molecule has 1 aliphatic carbocycles. The second-order valence-corrected chi connectivity index (χ2v) is 6.76. The van der Waals surface area contributed by atoms with Gasteiger partial charge in [-0.3, -0.25) is 4.79 Å². The van der Waals surface area contributed by atoms with Crippen molar-refractivity contribution in [1.29, 1.82) is 0 Å². The lowest BCUT2D eigenvalue weighted by molar-refractivity contribution is -0.153. The van der Waals surface area contributed by atoms with Gasteiger partial charge in [-0.25, -0.2) is 0 Å². The molecule has 1 aliphatic rings. The monoisotopic (exact) mass is 310 g/mol. The standard InChI is InChI=1S/C18H26O2.ClH/c1-13-10-11-16(17(12-13)20-14(2)19)18(3,4)15-8-6-5-7-9-15;/h5-9,13,16-17H,10-12H2,1-4H3;1H/t13-,16-,17-;/m0./s1. The Morgan fingerprint density at radius 2 is 1.81 bits per heavy atom. The average Bonchev–Trinajstić information content (AvgIpc) is 2.39. The number of carbonyl (C=O) groups excluding carboxylic acids is 1. The SMILES string of the molecule is CC(=O)O[C@H]1C[C@@H](C)CC[C@@H]1C(C)(C)c1ccccc1.Cl. The minimum Gasteiger partial charge on any atom is -0.462 e. The minimum absolute atomic E-state index is 0. The van der Waals surface area contributed by atoms with E-state index >= 15 is 0 Å². The number of hydrogen-bond donors (Lipinski definition) is 0. The van der Waals surface area contributed by atoms with Gasteiger partial charge in [0.2, 0.25) is 0 Å². The first-order chi connectivity index (χ1) is 9.41. The molecule has 21 heavy (non-hydrogen) atoms. The lowest BCUT2D eigenvalue weighted by Gasteiger charge is -2.43. The van der Waals surface area contributed by atoms with Crippen molar-refractivity contribution in [3.05, 3.63) is 35.9 Å². The van der Waals surface area contributed by atoms with Crippen LogP contribution in [0.3, 0.4) is 0 Å². The molecule has 0 radical (unpaired) electrons. The summed E-state index contributed by atoms with van der Waals surface area (Å²) in [5.74, 6) is 0.880. The topological polar surface area (TPSA) is 26.3 Å². The quantitative estimate of drug-likeness (QED) is 0.753. The van der Waals surface area contributed by atoms with E-state index in [2.05, 4.69) is 45.0 Å². The van der Waals surface area contributed by atoms with E-state index in [0.29, 0.717) is 11.8 Å². The Kier molecular flexibility index (Phi) is 6.27. The van der Waals surface area contributed by atoms with Gasteiger partial charge < -0.3 is 4.74 Å². The summed E-state index contributed by atoms with van der Waals surface area (Å²) < 4.78 is 5.64. The maximum absolute atomic E-state index is 11.4. The van der Waals surface area contributed by atoms with Crippen molar-refractivity contribution in [1.82, 2.24) is 0 Å². The molecule has 3 atom stereocenters. The number of ether oxygens (including phenoxy) is 1. The zero-order valence-electron chi connectivity index (χ0n) is 13.5. The van der Waals surface area contributed by atoms with Crippen LogP contribution in [0.1, 0.15) is 52.5 Å². The molecule has 0 unspecified atom stereocenters. The summed E-state index contributed by atoms with van der Waals surface area (Å²) in [4.78, 5) is 11.4. The van der Waals surface area contributed by atoms with Gasteiger partial charge in [0.25, 0.3) is 0 Å². The number of halogens is 1. The summed E-state index contributed by atoms with van der Waals surface area (Å²) in [5.41, 5.74) is 1.36. The predicted molar refractivity (Wildman–Crippen MR) is 88.8 cm³/mol. The second-order valence-electron chi connectivity index (χ2n) is 6.76. The van der Waals surface area contributed by atoms with Crippen LogP contribution in [0, 0.1) is 11.8 Å². The molecule has 1 fully saturated rings. The third-order valence-electron chi connectivity index (χ3n) is 4.82. The summed E-state index contributed by atoms with van der Waals surface area (Å²) in [5, 5.41) is 0. The van der Waals surface area contributed by atoms with Gasteiger partial charge in [0, 0.05) is 12.8 Å². The molecule has 0 N–H and O–H groups in total. The summed E-state index contributed by atoms with van der Waals surface area (Å²) >= 11 is 0. The maximum Gasteiger partial charge on any atom is 0.302 e. The lowest BCUT2D eigenvalue weighted by atomic mass is 9.64. The summed E-state index contributed by atoms with van der Waals surface area (Å²) in [6, 6.07) is 10.6. The first-order valence-corrected chi connectivity index (χ1v) is 7.64. The van der Waals surface area contributed by atoms with Gasteiger partial charge in [-0.15, -0.1) is 12.4 Å². The molecular formula is C18H27ClO2. The van der Waals surface area contributed by atoms with Gasteiger partial charge in [-0.1, -0.05) is 57.5 Å². The Hall–Kier alpha value is -1.02. The molecule has 1 aromatic rings. The number of esters is 1. The molecule has 0 saturated heterocycles. The van der Waals surface area contributed by atoms with Gasteiger partial charge in [-0.05, 0) is 29.7 Å². The molecule has 1 saturated carbocycles. The fourth-order valence-electron chi connectivity index (χ4n) is 3.58. The fraction of sp³-hybridized carbons (Fsp3) is 0.611. The summed E-state index contributed by atoms with van der Waals surface area (Å²) in [6.07, 6.45) is 3.38. The molecule has 0 aliphatic heterocycles. The van der Waals surface area contributed by atoms with E-state index in [1.807, 2.05) is 6.07 Å². The Bertz CT molecular complexity index is 456. The van der Waals surface area contributed by atoms with E-state index < -0.39 is 0 Å². The lowest BCUT2D eigenvalue weighted by Crippen LogP contribution is -2.43. The molecule has 0 bridgehead atoms. The molecule has 3 heteroatoms. The highest BCUT2D eigenvalue weighted by atomic mass is 35.5. The van der Waals surface area contributed by atoms with Crippen molar-refractivity contribution in [3.63, 3.8) is 0 Å². The van der Waals surface area contributed by atoms with E-state index in [-0.39, 0.29) is 29.9 Å². The highest BCUT2D eigenvalue weighted by Crippen LogP contribution is 2.43. The van der Waals surface area contributed by atoms with Crippen LogP contribution in [-0.4, -0.2) is 12.1 Å². The fourth-order valence-corrected chi connectivity index (χ4v) is 3.58. The van der Waals surface area contributed by atoms with Crippen LogP contribution in [-0.2, 0) is 14.9 Å². The van der Waals surface area contributed by atoms with Crippen molar-refractivity contribution in [2.75, 3.05) is 0 Å². The van der Waals surface area contributed by atoms with Crippen molar-refractivity contribution < 1.29 is 9.53 Å². The van der Waals surface area contributed by atoms with Crippen LogP contribution in [0.15, 0.2) is 30.3 Å². The van der Waals surface area contributed by atoms with Gasteiger partial charge in [0.15, 0.2) is 0 Å². The van der Waals surface area contributed by atoms with Crippen LogP contribution in [0.2, 0.25) is 0 Å². The van der Waals surface area contributed by atoms with E-state index in [4.69, 9.17) is 4.74 Å². The molecule has 0 heterocycles. The van der Waals surface area contributed by atoms with Gasteiger partial charge in [0.1, 0.15) is 6.10 Å². The minimum atomic E-state index is -0.155.